The highest BCUT2D eigenvalue weighted by atomic mass is 32.2. The Bertz CT molecular complexity index is 1230. The maximum absolute atomic E-state index is 13.1. The summed E-state index contributed by atoms with van der Waals surface area (Å²) in [6.07, 6.45) is 3.33. The highest BCUT2D eigenvalue weighted by molar-refractivity contribution is 7.98. The number of para-hydroxylation sites is 1. The zero-order valence-electron chi connectivity index (χ0n) is 17.1. The second-order valence-corrected chi connectivity index (χ2v) is 7.61. The Morgan fingerprint density at radius 2 is 1.66 bits per heavy atom. The Kier molecular flexibility index (Phi) is 6.52. The van der Waals surface area contributed by atoms with Gasteiger partial charge in [-0.2, -0.15) is 0 Å². The fourth-order valence-corrected chi connectivity index (χ4v) is 3.74. The molecule has 160 valence electrons. The monoisotopic (exact) mass is 445 g/mol. The molecule has 2 aromatic heterocycles. The highest BCUT2D eigenvalue weighted by Crippen LogP contribution is 2.24. The molecule has 0 aliphatic carbocycles. The lowest BCUT2D eigenvalue weighted by Crippen LogP contribution is -2.15. The molecule has 0 spiro atoms. The SMILES string of the molecule is CC(=O)Nc1cccc(NC(=O)c2nnn(-c3ccccc3)c2CSc2ncccn2)c1. The molecule has 0 saturated carbocycles. The summed E-state index contributed by atoms with van der Waals surface area (Å²) in [5.41, 5.74) is 2.71. The third-order valence-electron chi connectivity index (χ3n) is 4.30. The summed E-state index contributed by atoms with van der Waals surface area (Å²) >= 11 is 1.38. The summed E-state index contributed by atoms with van der Waals surface area (Å²) < 4.78 is 1.64. The molecule has 0 aliphatic rings. The number of aromatic nitrogens is 5. The van der Waals surface area contributed by atoms with Crippen LogP contribution < -0.4 is 10.6 Å². The summed E-state index contributed by atoms with van der Waals surface area (Å²) in [5.74, 6) is -0.209. The van der Waals surface area contributed by atoms with Crippen molar-refractivity contribution in [3.8, 4) is 5.69 Å². The topological polar surface area (TPSA) is 115 Å². The first kappa shape index (κ1) is 21.2. The smallest absolute Gasteiger partial charge is 0.278 e. The maximum Gasteiger partial charge on any atom is 0.278 e. The van der Waals surface area contributed by atoms with Crippen molar-refractivity contribution in [2.24, 2.45) is 0 Å². The van der Waals surface area contributed by atoms with Gasteiger partial charge in [-0.15, -0.1) is 5.10 Å². The van der Waals surface area contributed by atoms with E-state index in [1.807, 2.05) is 30.3 Å². The Morgan fingerprint density at radius 3 is 2.38 bits per heavy atom. The normalized spacial score (nSPS) is 10.5. The molecule has 0 saturated heterocycles. The predicted octanol–water partition coefficient (Wildman–Crippen LogP) is 3.56. The van der Waals surface area contributed by atoms with E-state index in [0.29, 0.717) is 28.0 Å². The number of benzene rings is 2. The van der Waals surface area contributed by atoms with Crippen molar-refractivity contribution in [1.82, 2.24) is 25.0 Å². The van der Waals surface area contributed by atoms with Crippen LogP contribution in [0.1, 0.15) is 23.1 Å². The van der Waals surface area contributed by atoms with Crippen molar-refractivity contribution in [2.75, 3.05) is 10.6 Å². The average Bonchev–Trinajstić information content (AvgIpc) is 3.23. The largest absolute Gasteiger partial charge is 0.326 e. The first-order valence-corrected chi connectivity index (χ1v) is 10.7. The molecule has 0 unspecified atom stereocenters. The van der Waals surface area contributed by atoms with Crippen LogP contribution in [0.4, 0.5) is 11.4 Å². The van der Waals surface area contributed by atoms with Crippen LogP contribution in [0.2, 0.25) is 0 Å². The van der Waals surface area contributed by atoms with Gasteiger partial charge in [0.15, 0.2) is 10.9 Å². The fraction of sp³-hybridized carbons (Fsp3) is 0.0909. The van der Waals surface area contributed by atoms with Crippen molar-refractivity contribution in [1.29, 1.82) is 0 Å². The lowest BCUT2D eigenvalue weighted by Gasteiger charge is -2.09. The van der Waals surface area contributed by atoms with E-state index in [-0.39, 0.29) is 11.6 Å². The molecule has 2 N–H and O–H groups in total. The molecule has 4 rings (SSSR count). The Morgan fingerprint density at radius 1 is 0.938 bits per heavy atom. The van der Waals surface area contributed by atoms with Gasteiger partial charge in [0.25, 0.3) is 5.91 Å². The minimum absolute atomic E-state index is 0.193. The number of rotatable bonds is 7. The number of hydrogen-bond donors (Lipinski definition) is 2. The van der Waals surface area contributed by atoms with Gasteiger partial charge in [-0.25, -0.2) is 14.6 Å². The quantitative estimate of drug-likeness (QED) is 0.330. The summed E-state index contributed by atoms with van der Waals surface area (Å²) in [5, 5.41) is 14.5. The molecule has 32 heavy (non-hydrogen) atoms. The molecule has 2 aromatic carbocycles. The third kappa shape index (κ3) is 5.16. The van der Waals surface area contributed by atoms with Gasteiger partial charge in [0.1, 0.15) is 0 Å². The summed E-state index contributed by atoms with van der Waals surface area (Å²) in [4.78, 5) is 32.8. The Labute approximate surface area is 188 Å². The number of anilines is 2. The van der Waals surface area contributed by atoms with Crippen molar-refractivity contribution >= 4 is 35.0 Å². The number of amides is 2. The molecule has 0 aliphatic heterocycles. The van der Waals surface area contributed by atoms with Crippen LogP contribution in [0.3, 0.4) is 0 Å². The minimum atomic E-state index is -0.406. The standard InChI is InChI=1S/C22H19N7O2S/c1-15(30)25-16-7-5-8-17(13-16)26-21(31)20-19(14-32-22-23-11-6-12-24-22)29(28-27-20)18-9-3-2-4-10-18/h2-13H,14H2,1H3,(H,25,30)(H,26,31). The molecular formula is C22H19N7O2S. The second-order valence-electron chi connectivity index (χ2n) is 6.67. The number of thioether (sulfide) groups is 1. The van der Waals surface area contributed by atoms with Crippen LogP contribution in [-0.4, -0.2) is 36.8 Å². The van der Waals surface area contributed by atoms with Crippen molar-refractivity contribution in [2.45, 2.75) is 17.8 Å². The number of carbonyl (C=O) groups is 2. The number of nitrogens with zero attached hydrogens (tertiary/aromatic N) is 5. The van der Waals surface area contributed by atoms with Gasteiger partial charge in [-0.05, 0) is 36.4 Å². The van der Waals surface area contributed by atoms with Gasteiger partial charge in [0, 0.05) is 36.4 Å². The molecule has 2 amide bonds. The van der Waals surface area contributed by atoms with Crippen LogP contribution in [0.25, 0.3) is 5.69 Å². The summed E-state index contributed by atoms with van der Waals surface area (Å²) in [7, 11) is 0. The van der Waals surface area contributed by atoms with Crippen molar-refractivity contribution in [3.05, 3.63) is 84.4 Å². The van der Waals surface area contributed by atoms with Gasteiger partial charge < -0.3 is 10.6 Å². The van der Waals surface area contributed by atoms with Gasteiger partial charge in [-0.1, -0.05) is 41.2 Å². The zero-order chi connectivity index (χ0) is 22.3. The van der Waals surface area contributed by atoms with Gasteiger partial charge in [-0.3, -0.25) is 9.59 Å². The number of hydrogen-bond acceptors (Lipinski definition) is 7. The lowest BCUT2D eigenvalue weighted by atomic mass is 10.2. The van der Waals surface area contributed by atoms with Crippen molar-refractivity contribution in [3.63, 3.8) is 0 Å². The zero-order valence-corrected chi connectivity index (χ0v) is 17.9. The first-order valence-electron chi connectivity index (χ1n) is 9.69. The maximum atomic E-state index is 13.1. The van der Waals surface area contributed by atoms with E-state index in [1.165, 1.54) is 18.7 Å². The van der Waals surface area contributed by atoms with Gasteiger partial charge >= 0.3 is 0 Å². The molecule has 10 heteroatoms. The van der Waals surface area contributed by atoms with Crippen molar-refractivity contribution < 1.29 is 9.59 Å². The van der Waals surface area contributed by atoms with Gasteiger partial charge in [0.2, 0.25) is 5.91 Å². The second kappa shape index (κ2) is 9.84. The van der Waals surface area contributed by atoms with Crippen LogP contribution in [0.5, 0.6) is 0 Å². The summed E-state index contributed by atoms with van der Waals surface area (Å²) in [6, 6.07) is 18.1. The summed E-state index contributed by atoms with van der Waals surface area (Å²) in [6.45, 7) is 1.42. The minimum Gasteiger partial charge on any atom is -0.326 e. The Hall–Kier alpha value is -4.05. The molecule has 4 aromatic rings. The van der Waals surface area contributed by atoms with E-state index in [4.69, 9.17) is 0 Å². The number of nitrogens with one attached hydrogen (secondary N) is 2. The van der Waals surface area contributed by atoms with E-state index < -0.39 is 5.91 Å². The molecule has 0 radical (unpaired) electrons. The first-order chi connectivity index (χ1) is 15.6. The van der Waals surface area contributed by atoms with Crippen LogP contribution >= 0.6 is 11.8 Å². The molecule has 9 nitrogen and oxygen atoms in total. The Balaban J connectivity index is 1.62. The average molecular weight is 446 g/mol. The third-order valence-corrected chi connectivity index (χ3v) is 5.19. The fourth-order valence-electron chi connectivity index (χ4n) is 2.95. The van der Waals surface area contributed by atoms with Gasteiger partial charge in [0.05, 0.1) is 11.4 Å². The van der Waals surface area contributed by atoms with E-state index >= 15 is 0 Å². The molecule has 2 heterocycles. The highest BCUT2D eigenvalue weighted by Gasteiger charge is 2.21. The van der Waals surface area contributed by atoms with E-state index in [9.17, 15) is 9.59 Å². The molecule has 0 atom stereocenters. The van der Waals surface area contributed by atoms with Crippen LogP contribution in [0.15, 0.2) is 78.2 Å². The molecule has 0 bridgehead atoms. The number of carbonyl (C=O) groups excluding carboxylic acids is 2. The molecular weight excluding hydrogens is 426 g/mol. The van der Waals surface area contributed by atoms with Crippen LogP contribution in [-0.2, 0) is 10.5 Å². The van der Waals surface area contributed by atoms with E-state index in [2.05, 4.69) is 30.9 Å². The van der Waals surface area contributed by atoms with Crippen LogP contribution in [0, 0.1) is 0 Å². The van der Waals surface area contributed by atoms with E-state index in [1.54, 1.807) is 47.4 Å². The lowest BCUT2D eigenvalue weighted by molar-refractivity contribution is -0.114. The molecule has 0 fully saturated rings. The predicted molar refractivity (Wildman–Crippen MR) is 122 cm³/mol. The van der Waals surface area contributed by atoms with E-state index in [0.717, 1.165) is 5.69 Å².